The average Bonchev–Trinajstić information content (AvgIpc) is 2.46. The van der Waals surface area contributed by atoms with Crippen molar-refractivity contribution >= 4 is 5.82 Å². The van der Waals surface area contributed by atoms with Crippen LogP contribution in [0.4, 0.5) is 5.82 Å². The Kier molecular flexibility index (Phi) is 4.55. The quantitative estimate of drug-likeness (QED) is 0.863. The van der Waals surface area contributed by atoms with Crippen LogP contribution < -0.4 is 14.8 Å². The number of ether oxygens (including phenoxy) is 2. The number of nitrogens with zero attached hydrogens (tertiary/aromatic N) is 2. The molecule has 2 rings (SSSR count). The summed E-state index contributed by atoms with van der Waals surface area (Å²) in [6.45, 7) is 3.20. The third kappa shape index (κ3) is 3.84. The molecule has 2 aromatic rings. The molecule has 2 aromatic heterocycles. The van der Waals surface area contributed by atoms with Crippen LogP contribution >= 0.6 is 0 Å². The normalized spacial score (nSPS) is 10.0. The highest BCUT2D eigenvalue weighted by Gasteiger charge is 1.99. The summed E-state index contributed by atoms with van der Waals surface area (Å²) in [7, 11) is 1.60. The molecule has 1 N–H and O–H groups in total. The Labute approximate surface area is 112 Å². The van der Waals surface area contributed by atoms with E-state index in [1.54, 1.807) is 13.3 Å². The van der Waals surface area contributed by atoms with Gasteiger partial charge in [0.25, 0.3) is 0 Å². The lowest BCUT2D eigenvalue weighted by Gasteiger charge is -2.08. The molecule has 0 unspecified atom stereocenters. The molecular weight excluding hydrogens is 242 g/mol. The molecule has 0 bridgehead atoms. The Bertz CT molecular complexity index is 514. The summed E-state index contributed by atoms with van der Waals surface area (Å²) in [5.74, 6) is 2.02. The van der Waals surface area contributed by atoms with E-state index in [0.29, 0.717) is 24.9 Å². The molecule has 100 valence electrons. The van der Waals surface area contributed by atoms with Gasteiger partial charge in [-0.3, -0.25) is 0 Å². The van der Waals surface area contributed by atoms with Crippen molar-refractivity contribution in [2.45, 2.75) is 13.5 Å². The van der Waals surface area contributed by atoms with Crippen LogP contribution in [-0.2, 0) is 6.54 Å². The highest BCUT2D eigenvalue weighted by atomic mass is 16.5. The molecule has 0 aliphatic heterocycles. The van der Waals surface area contributed by atoms with Gasteiger partial charge in [-0.25, -0.2) is 4.98 Å². The van der Waals surface area contributed by atoms with Crippen LogP contribution in [0.15, 0.2) is 36.5 Å². The zero-order valence-corrected chi connectivity index (χ0v) is 11.1. The van der Waals surface area contributed by atoms with Crippen molar-refractivity contribution < 1.29 is 9.47 Å². The molecule has 0 saturated carbocycles. The molecule has 0 radical (unpaired) electrons. The minimum absolute atomic E-state index is 0.610. The predicted octanol–water partition coefficient (Wildman–Crippen LogP) is 2.50. The van der Waals surface area contributed by atoms with E-state index in [2.05, 4.69) is 15.3 Å². The molecule has 0 fully saturated rings. The van der Waals surface area contributed by atoms with Crippen molar-refractivity contribution in [3.63, 3.8) is 0 Å². The number of anilines is 1. The van der Waals surface area contributed by atoms with E-state index in [1.807, 2.05) is 37.3 Å². The standard InChI is InChI=1S/C14H17N3O2/c1-3-19-14-6-4-5-12(17-14)15-9-11-7-8-13(18-2)16-10-11/h4-8,10H,3,9H2,1-2H3,(H,15,17). The SMILES string of the molecule is CCOc1cccc(NCc2ccc(OC)nc2)n1. The first kappa shape index (κ1) is 13.1. The first-order valence-electron chi connectivity index (χ1n) is 6.14. The molecule has 2 heterocycles. The van der Waals surface area contributed by atoms with Gasteiger partial charge in [0.15, 0.2) is 0 Å². The van der Waals surface area contributed by atoms with E-state index in [-0.39, 0.29) is 0 Å². The maximum atomic E-state index is 5.35. The van der Waals surface area contributed by atoms with Gasteiger partial charge in [-0.2, -0.15) is 4.98 Å². The second-order valence-corrected chi connectivity index (χ2v) is 3.86. The van der Waals surface area contributed by atoms with Crippen molar-refractivity contribution in [3.05, 3.63) is 42.1 Å². The van der Waals surface area contributed by atoms with Crippen molar-refractivity contribution in [3.8, 4) is 11.8 Å². The minimum Gasteiger partial charge on any atom is -0.481 e. The number of pyridine rings is 2. The van der Waals surface area contributed by atoms with Crippen LogP contribution in [0.2, 0.25) is 0 Å². The molecule has 0 atom stereocenters. The van der Waals surface area contributed by atoms with Gasteiger partial charge in [-0.05, 0) is 18.6 Å². The zero-order chi connectivity index (χ0) is 13.5. The summed E-state index contributed by atoms with van der Waals surface area (Å²) in [6.07, 6.45) is 1.78. The molecule has 0 amide bonds. The number of hydrogen-bond acceptors (Lipinski definition) is 5. The molecule has 0 spiro atoms. The molecule has 0 aromatic carbocycles. The van der Waals surface area contributed by atoms with E-state index in [1.165, 1.54) is 0 Å². The van der Waals surface area contributed by atoms with Crippen molar-refractivity contribution in [2.24, 2.45) is 0 Å². The summed E-state index contributed by atoms with van der Waals surface area (Å²) >= 11 is 0. The van der Waals surface area contributed by atoms with E-state index in [4.69, 9.17) is 9.47 Å². The van der Waals surface area contributed by atoms with E-state index < -0.39 is 0 Å². The highest BCUT2D eigenvalue weighted by molar-refractivity contribution is 5.38. The van der Waals surface area contributed by atoms with Crippen molar-refractivity contribution in [1.29, 1.82) is 0 Å². The Morgan fingerprint density at radius 3 is 2.74 bits per heavy atom. The largest absolute Gasteiger partial charge is 0.481 e. The van der Waals surface area contributed by atoms with E-state index >= 15 is 0 Å². The molecule has 0 aliphatic carbocycles. The topological polar surface area (TPSA) is 56.3 Å². The molecule has 5 nitrogen and oxygen atoms in total. The van der Waals surface area contributed by atoms with Crippen LogP contribution in [0.5, 0.6) is 11.8 Å². The maximum absolute atomic E-state index is 5.35. The first-order valence-corrected chi connectivity index (χ1v) is 6.14. The number of hydrogen-bond donors (Lipinski definition) is 1. The lowest BCUT2D eigenvalue weighted by Crippen LogP contribution is -2.03. The summed E-state index contributed by atoms with van der Waals surface area (Å²) in [5, 5.41) is 3.23. The molecule has 0 saturated heterocycles. The number of aromatic nitrogens is 2. The Hall–Kier alpha value is -2.30. The lowest BCUT2D eigenvalue weighted by molar-refractivity contribution is 0.327. The van der Waals surface area contributed by atoms with Gasteiger partial charge < -0.3 is 14.8 Å². The van der Waals surface area contributed by atoms with Crippen LogP contribution in [0.25, 0.3) is 0 Å². The predicted molar refractivity (Wildman–Crippen MR) is 73.5 cm³/mol. The second kappa shape index (κ2) is 6.58. The fourth-order valence-electron chi connectivity index (χ4n) is 1.57. The van der Waals surface area contributed by atoms with Gasteiger partial charge in [0.1, 0.15) is 5.82 Å². The molecule has 5 heteroatoms. The second-order valence-electron chi connectivity index (χ2n) is 3.86. The summed E-state index contributed by atoms with van der Waals surface area (Å²) in [4.78, 5) is 8.48. The maximum Gasteiger partial charge on any atom is 0.215 e. The third-order valence-corrected chi connectivity index (χ3v) is 2.50. The van der Waals surface area contributed by atoms with Gasteiger partial charge in [-0.1, -0.05) is 12.1 Å². The first-order chi connectivity index (χ1) is 9.31. The van der Waals surface area contributed by atoms with Crippen LogP contribution in [0.3, 0.4) is 0 Å². The van der Waals surface area contributed by atoms with Gasteiger partial charge in [0.2, 0.25) is 11.8 Å². The van der Waals surface area contributed by atoms with Gasteiger partial charge in [-0.15, -0.1) is 0 Å². The van der Waals surface area contributed by atoms with E-state index in [0.717, 1.165) is 11.4 Å². The lowest BCUT2D eigenvalue weighted by atomic mass is 10.3. The summed E-state index contributed by atoms with van der Waals surface area (Å²) in [6, 6.07) is 9.45. The van der Waals surface area contributed by atoms with Gasteiger partial charge in [0, 0.05) is 24.9 Å². The monoisotopic (exact) mass is 259 g/mol. The van der Waals surface area contributed by atoms with Crippen LogP contribution in [-0.4, -0.2) is 23.7 Å². The van der Waals surface area contributed by atoms with Gasteiger partial charge >= 0.3 is 0 Å². The number of rotatable bonds is 6. The highest BCUT2D eigenvalue weighted by Crippen LogP contribution is 2.13. The average molecular weight is 259 g/mol. The van der Waals surface area contributed by atoms with Crippen LogP contribution in [0, 0.1) is 0 Å². The Morgan fingerprint density at radius 2 is 2.05 bits per heavy atom. The fourth-order valence-corrected chi connectivity index (χ4v) is 1.57. The Balaban J connectivity index is 1.95. The molecular formula is C14H17N3O2. The third-order valence-electron chi connectivity index (χ3n) is 2.50. The summed E-state index contributed by atoms with van der Waals surface area (Å²) in [5.41, 5.74) is 1.06. The fraction of sp³-hybridized carbons (Fsp3) is 0.286. The smallest absolute Gasteiger partial charge is 0.215 e. The zero-order valence-electron chi connectivity index (χ0n) is 11.1. The van der Waals surface area contributed by atoms with Gasteiger partial charge in [0.05, 0.1) is 13.7 Å². The molecule has 19 heavy (non-hydrogen) atoms. The van der Waals surface area contributed by atoms with Crippen molar-refractivity contribution in [2.75, 3.05) is 19.0 Å². The molecule has 0 aliphatic rings. The number of methoxy groups -OCH3 is 1. The van der Waals surface area contributed by atoms with Crippen LogP contribution in [0.1, 0.15) is 12.5 Å². The summed E-state index contributed by atoms with van der Waals surface area (Å²) < 4.78 is 10.4. The Morgan fingerprint density at radius 1 is 1.16 bits per heavy atom. The minimum atomic E-state index is 0.610. The van der Waals surface area contributed by atoms with E-state index in [9.17, 15) is 0 Å². The van der Waals surface area contributed by atoms with Crippen molar-refractivity contribution in [1.82, 2.24) is 9.97 Å². The number of nitrogens with one attached hydrogen (secondary N) is 1.